The number of rotatable bonds is 0. The molecule has 0 aliphatic carbocycles. The van der Waals surface area contributed by atoms with E-state index < -0.39 is 5.41 Å². The van der Waals surface area contributed by atoms with Crippen molar-refractivity contribution in [3.05, 3.63) is 12.3 Å². The van der Waals surface area contributed by atoms with E-state index in [2.05, 4.69) is 17.4 Å². The van der Waals surface area contributed by atoms with E-state index in [4.69, 9.17) is 0 Å². The van der Waals surface area contributed by atoms with E-state index >= 15 is 0 Å². The standard InChI is InChI=1S/C6H10N2O/c1-4-6(2,3)5(9)8-7-4/h7H,1H2,2-3H3,(H,8,9). The third-order valence-electron chi connectivity index (χ3n) is 1.65. The molecule has 3 nitrogen and oxygen atoms in total. The van der Waals surface area contributed by atoms with Crippen LogP contribution in [0, 0.1) is 5.41 Å². The molecule has 0 spiro atoms. The summed E-state index contributed by atoms with van der Waals surface area (Å²) < 4.78 is 0. The van der Waals surface area contributed by atoms with E-state index in [9.17, 15) is 4.79 Å². The van der Waals surface area contributed by atoms with Crippen LogP contribution in [0.3, 0.4) is 0 Å². The molecule has 1 fully saturated rings. The molecule has 1 aliphatic heterocycles. The van der Waals surface area contributed by atoms with Gasteiger partial charge in [0, 0.05) is 5.70 Å². The molecular weight excluding hydrogens is 116 g/mol. The zero-order valence-electron chi connectivity index (χ0n) is 5.62. The molecular formula is C6H10N2O. The molecule has 0 radical (unpaired) electrons. The highest BCUT2D eigenvalue weighted by atomic mass is 16.2. The van der Waals surface area contributed by atoms with Gasteiger partial charge in [0.05, 0.1) is 5.41 Å². The second kappa shape index (κ2) is 1.50. The van der Waals surface area contributed by atoms with Crippen molar-refractivity contribution >= 4 is 5.91 Å². The lowest BCUT2D eigenvalue weighted by Gasteiger charge is -2.11. The Morgan fingerprint density at radius 3 is 2.11 bits per heavy atom. The van der Waals surface area contributed by atoms with Crippen molar-refractivity contribution in [2.45, 2.75) is 13.8 Å². The predicted octanol–water partition coefficient (Wildman–Crippen LogP) is 0.161. The molecule has 0 aromatic heterocycles. The summed E-state index contributed by atoms with van der Waals surface area (Å²) in [6.45, 7) is 7.31. The average Bonchev–Trinajstić information content (AvgIpc) is 1.96. The van der Waals surface area contributed by atoms with E-state index in [1.165, 1.54) is 0 Å². The molecule has 2 N–H and O–H groups in total. The highest BCUT2D eigenvalue weighted by molar-refractivity contribution is 5.86. The lowest BCUT2D eigenvalue weighted by Crippen LogP contribution is -2.28. The SMILES string of the molecule is C=C1NNC(=O)C1(C)C. The summed E-state index contributed by atoms with van der Waals surface area (Å²) in [5.41, 5.74) is 5.42. The summed E-state index contributed by atoms with van der Waals surface area (Å²) >= 11 is 0. The summed E-state index contributed by atoms with van der Waals surface area (Å²) in [6.07, 6.45) is 0. The smallest absolute Gasteiger partial charge is 0.249 e. The van der Waals surface area contributed by atoms with Gasteiger partial charge in [-0.05, 0) is 13.8 Å². The lowest BCUT2D eigenvalue weighted by atomic mass is 9.91. The minimum atomic E-state index is -0.444. The number of carbonyl (C=O) groups excluding carboxylic acids is 1. The Morgan fingerprint density at radius 2 is 2.00 bits per heavy atom. The van der Waals surface area contributed by atoms with E-state index in [1.807, 2.05) is 13.8 Å². The van der Waals surface area contributed by atoms with Gasteiger partial charge < -0.3 is 5.43 Å². The van der Waals surface area contributed by atoms with Crippen LogP contribution in [0.15, 0.2) is 12.3 Å². The fraction of sp³-hybridized carbons (Fsp3) is 0.500. The molecule has 1 aliphatic rings. The average molecular weight is 126 g/mol. The van der Waals surface area contributed by atoms with Crippen LogP contribution < -0.4 is 10.9 Å². The summed E-state index contributed by atoms with van der Waals surface area (Å²) in [4.78, 5) is 10.9. The molecule has 0 saturated carbocycles. The van der Waals surface area contributed by atoms with Crippen molar-refractivity contribution < 1.29 is 4.79 Å². The van der Waals surface area contributed by atoms with E-state index in [0.717, 1.165) is 5.70 Å². The van der Waals surface area contributed by atoms with Gasteiger partial charge in [0.15, 0.2) is 0 Å². The van der Waals surface area contributed by atoms with Gasteiger partial charge in [-0.2, -0.15) is 0 Å². The highest BCUT2D eigenvalue weighted by Crippen LogP contribution is 2.25. The van der Waals surface area contributed by atoms with Crippen molar-refractivity contribution in [2.24, 2.45) is 5.41 Å². The number of hydrazine groups is 1. The van der Waals surface area contributed by atoms with E-state index in [1.54, 1.807) is 0 Å². The van der Waals surface area contributed by atoms with Gasteiger partial charge in [-0.1, -0.05) is 6.58 Å². The van der Waals surface area contributed by atoms with Crippen molar-refractivity contribution in [1.82, 2.24) is 10.9 Å². The van der Waals surface area contributed by atoms with Crippen LogP contribution in [0.1, 0.15) is 13.8 Å². The van der Waals surface area contributed by atoms with Crippen molar-refractivity contribution in [3.63, 3.8) is 0 Å². The normalized spacial score (nSPS) is 23.3. The zero-order chi connectivity index (χ0) is 7.07. The lowest BCUT2D eigenvalue weighted by molar-refractivity contribution is -0.125. The number of nitrogens with one attached hydrogen (secondary N) is 2. The largest absolute Gasteiger partial charge is 0.302 e. The maximum Gasteiger partial charge on any atom is 0.249 e. The minimum absolute atomic E-state index is 0.0208. The molecule has 0 bridgehead atoms. The van der Waals surface area contributed by atoms with Crippen LogP contribution in [0.4, 0.5) is 0 Å². The van der Waals surface area contributed by atoms with Gasteiger partial charge in [-0.3, -0.25) is 10.2 Å². The highest BCUT2D eigenvalue weighted by Gasteiger charge is 2.36. The third-order valence-corrected chi connectivity index (χ3v) is 1.65. The molecule has 0 aromatic carbocycles. The molecule has 0 aromatic rings. The second-order valence-corrected chi connectivity index (χ2v) is 2.68. The summed E-state index contributed by atoms with van der Waals surface area (Å²) in [5, 5.41) is 0. The van der Waals surface area contributed by atoms with Crippen LogP contribution in [-0.4, -0.2) is 5.91 Å². The molecule has 0 unspecified atom stereocenters. The molecule has 3 heteroatoms. The van der Waals surface area contributed by atoms with Gasteiger partial charge in [0.25, 0.3) is 0 Å². The Balaban J connectivity index is 2.91. The van der Waals surface area contributed by atoms with Crippen LogP contribution in [0.2, 0.25) is 0 Å². The fourth-order valence-corrected chi connectivity index (χ4v) is 0.582. The quantitative estimate of drug-likeness (QED) is 0.485. The Bertz CT molecular complexity index is 154. The zero-order valence-corrected chi connectivity index (χ0v) is 5.62. The first-order valence-electron chi connectivity index (χ1n) is 2.81. The first kappa shape index (κ1) is 6.13. The fourth-order valence-electron chi connectivity index (χ4n) is 0.582. The van der Waals surface area contributed by atoms with Crippen molar-refractivity contribution in [3.8, 4) is 0 Å². The molecule has 9 heavy (non-hydrogen) atoms. The number of hydrogen-bond acceptors (Lipinski definition) is 2. The van der Waals surface area contributed by atoms with Gasteiger partial charge in [-0.15, -0.1) is 0 Å². The Hall–Kier alpha value is -0.990. The molecule has 50 valence electrons. The topological polar surface area (TPSA) is 41.1 Å². The molecule has 1 rings (SSSR count). The Kier molecular flexibility index (Phi) is 1.02. The van der Waals surface area contributed by atoms with Gasteiger partial charge in [-0.25, -0.2) is 0 Å². The minimum Gasteiger partial charge on any atom is -0.302 e. The second-order valence-electron chi connectivity index (χ2n) is 2.68. The third kappa shape index (κ3) is 0.686. The van der Waals surface area contributed by atoms with Crippen molar-refractivity contribution in [1.29, 1.82) is 0 Å². The maximum absolute atomic E-state index is 10.9. The summed E-state index contributed by atoms with van der Waals surface area (Å²) in [6, 6.07) is 0. The summed E-state index contributed by atoms with van der Waals surface area (Å²) in [7, 11) is 0. The number of amides is 1. The van der Waals surface area contributed by atoms with Crippen LogP contribution in [0.5, 0.6) is 0 Å². The van der Waals surface area contributed by atoms with Crippen LogP contribution in [0.25, 0.3) is 0 Å². The van der Waals surface area contributed by atoms with Crippen molar-refractivity contribution in [2.75, 3.05) is 0 Å². The van der Waals surface area contributed by atoms with Gasteiger partial charge in [0.2, 0.25) is 5.91 Å². The number of carbonyl (C=O) groups is 1. The summed E-state index contributed by atoms with van der Waals surface area (Å²) in [5.74, 6) is -0.0208. The maximum atomic E-state index is 10.9. The predicted molar refractivity (Wildman–Crippen MR) is 34.2 cm³/mol. The molecule has 0 atom stereocenters. The first-order valence-corrected chi connectivity index (χ1v) is 2.81. The number of hydrogen-bond donors (Lipinski definition) is 2. The van der Waals surface area contributed by atoms with E-state index in [0.29, 0.717) is 0 Å². The van der Waals surface area contributed by atoms with E-state index in [-0.39, 0.29) is 5.91 Å². The first-order chi connectivity index (χ1) is 4.05. The van der Waals surface area contributed by atoms with Crippen LogP contribution >= 0.6 is 0 Å². The van der Waals surface area contributed by atoms with Gasteiger partial charge >= 0.3 is 0 Å². The molecule has 1 amide bonds. The van der Waals surface area contributed by atoms with Crippen LogP contribution in [-0.2, 0) is 4.79 Å². The molecule has 1 saturated heterocycles. The Morgan fingerprint density at radius 1 is 1.44 bits per heavy atom. The monoisotopic (exact) mass is 126 g/mol. The van der Waals surface area contributed by atoms with Gasteiger partial charge in [0.1, 0.15) is 0 Å². The molecule has 1 heterocycles. The Labute approximate surface area is 54.1 Å².